The first kappa shape index (κ1) is 16.0. The van der Waals surface area contributed by atoms with Crippen LogP contribution < -0.4 is 5.32 Å². The Morgan fingerprint density at radius 2 is 2.13 bits per heavy atom. The minimum Gasteiger partial charge on any atom is -0.299 e. The number of halogens is 1. The van der Waals surface area contributed by atoms with Gasteiger partial charge in [0.05, 0.1) is 6.04 Å². The predicted octanol–water partition coefficient (Wildman–Crippen LogP) is 2.98. The van der Waals surface area contributed by atoms with E-state index < -0.39 is 0 Å². The molecule has 1 amide bonds. The fourth-order valence-corrected chi connectivity index (χ4v) is 3.43. The van der Waals surface area contributed by atoms with Gasteiger partial charge in [0.25, 0.3) is 0 Å². The van der Waals surface area contributed by atoms with Gasteiger partial charge in [-0.05, 0) is 44.0 Å². The largest absolute Gasteiger partial charge is 0.299 e. The van der Waals surface area contributed by atoms with Gasteiger partial charge in [-0.15, -0.1) is 10.2 Å². The van der Waals surface area contributed by atoms with Crippen LogP contribution in [-0.4, -0.2) is 33.6 Å². The van der Waals surface area contributed by atoms with Gasteiger partial charge in [-0.3, -0.25) is 15.0 Å². The smallest absolute Gasteiger partial charge is 0.243 e. The third-order valence-electron chi connectivity index (χ3n) is 3.97. The van der Waals surface area contributed by atoms with Crippen LogP contribution in [0.15, 0.2) is 24.3 Å². The number of amides is 1. The fourth-order valence-electron chi connectivity index (χ4n) is 2.84. The van der Waals surface area contributed by atoms with Crippen molar-refractivity contribution in [3.63, 3.8) is 0 Å². The molecule has 1 atom stereocenters. The van der Waals surface area contributed by atoms with Gasteiger partial charge < -0.3 is 0 Å². The van der Waals surface area contributed by atoms with E-state index in [1.54, 1.807) is 12.1 Å². The Kier molecular flexibility index (Phi) is 4.97. The van der Waals surface area contributed by atoms with Gasteiger partial charge in [-0.25, -0.2) is 4.39 Å². The van der Waals surface area contributed by atoms with E-state index in [-0.39, 0.29) is 17.8 Å². The highest BCUT2D eigenvalue weighted by atomic mass is 32.1. The number of aryl methyl sites for hydroxylation is 1. The average Bonchev–Trinajstić information content (AvgIpc) is 2.95. The highest BCUT2D eigenvalue weighted by molar-refractivity contribution is 7.15. The van der Waals surface area contributed by atoms with Gasteiger partial charge in [0.15, 0.2) is 0 Å². The molecule has 0 bridgehead atoms. The molecular formula is C16H19FN4OS. The van der Waals surface area contributed by atoms with Crippen LogP contribution in [0.4, 0.5) is 9.52 Å². The minimum atomic E-state index is -0.242. The second kappa shape index (κ2) is 7.14. The van der Waals surface area contributed by atoms with Crippen molar-refractivity contribution in [3.8, 4) is 0 Å². The lowest BCUT2D eigenvalue weighted by molar-refractivity contribution is -0.122. The number of nitrogens with one attached hydrogen (secondary N) is 1. The second-order valence-electron chi connectivity index (χ2n) is 5.72. The van der Waals surface area contributed by atoms with Crippen LogP contribution in [0.3, 0.4) is 0 Å². The predicted molar refractivity (Wildman–Crippen MR) is 87.7 cm³/mol. The topological polar surface area (TPSA) is 58.1 Å². The van der Waals surface area contributed by atoms with Crippen molar-refractivity contribution >= 4 is 22.4 Å². The Labute approximate surface area is 138 Å². The van der Waals surface area contributed by atoms with Crippen molar-refractivity contribution in [1.29, 1.82) is 0 Å². The number of hydrogen-bond donors (Lipinski definition) is 1. The third-order valence-corrected chi connectivity index (χ3v) is 4.73. The summed E-state index contributed by atoms with van der Waals surface area (Å²) < 4.78 is 13.0. The normalized spacial score (nSPS) is 18.8. The van der Waals surface area contributed by atoms with Crippen LogP contribution in [0.2, 0.25) is 0 Å². The molecule has 1 fully saturated rings. The van der Waals surface area contributed by atoms with E-state index in [0.29, 0.717) is 11.7 Å². The number of nitrogens with zero attached hydrogens (tertiary/aromatic N) is 3. The molecule has 2 aromatic rings. The van der Waals surface area contributed by atoms with E-state index in [2.05, 4.69) is 20.4 Å². The zero-order valence-electron chi connectivity index (χ0n) is 13.0. The van der Waals surface area contributed by atoms with E-state index in [9.17, 15) is 9.18 Å². The van der Waals surface area contributed by atoms with E-state index >= 15 is 0 Å². The molecule has 0 aliphatic carbocycles. The Balaban J connectivity index is 1.67. The molecule has 1 aliphatic heterocycles. The summed E-state index contributed by atoms with van der Waals surface area (Å²) in [5.41, 5.74) is 1.01. The average molecular weight is 334 g/mol. The zero-order chi connectivity index (χ0) is 16.2. The van der Waals surface area contributed by atoms with Gasteiger partial charge in [0, 0.05) is 6.54 Å². The van der Waals surface area contributed by atoms with Gasteiger partial charge in [0.1, 0.15) is 10.8 Å². The van der Waals surface area contributed by atoms with Crippen molar-refractivity contribution in [2.45, 2.75) is 38.8 Å². The number of likely N-dealkylation sites (tertiary alicyclic amines) is 1. The summed E-state index contributed by atoms with van der Waals surface area (Å²) in [6.45, 7) is 3.37. The number of aromatic nitrogens is 2. The number of anilines is 1. The van der Waals surface area contributed by atoms with Crippen LogP contribution in [0, 0.1) is 12.7 Å². The molecule has 0 radical (unpaired) electrons. The van der Waals surface area contributed by atoms with Crippen LogP contribution in [0.1, 0.15) is 29.8 Å². The lowest BCUT2D eigenvalue weighted by atomic mass is 10.0. The van der Waals surface area contributed by atoms with Gasteiger partial charge in [-0.2, -0.15) is 0 Å². The quantitative estimate of drug-likeness (QED) is 0.934. The fraction of sp³-hybridized carbons (Fsp3) is 0.438. The molecular weight excluding hydrogens is 315 g/mol. The Morgan fingerprint density at radius 3 is 2.83 bits per heavy atom. The molecule has 3 rings (SSSR count). The molecule has 1 aromatic heterocycles. The van der Waals surface area contributed by atoms with E-state index in [0.717, 1.165) is 36.4 Å². The van der Waals surface area contributed by atoms with Crippen LogP contribution >= 0.6 is 11.3 Å². The van der Waals surface area contributed by atoms with Crippen LogP contribution in [0.25, 0.3) is 0 Å². The van der Waals surface area contributed by atoms with E-state index in [1.807, 2.05) is 6.92 Å². The molecule has 1 aromatic carbocycles. The monoisotopic (exact) mass is 334 g/mol. The molecule has 122 valence electrons. The maximum atomic E-state index is 13.0. The number of rotatable bonds is 4. The molecule has 0 saturated carbocycles. The standard InChI is InChI=1S/C16H19FN4OS/c1-11-19-20-16(23-11)18-15(22)14-4-2-3-9-21(14)10-12-5-7-13(17)8-6-12/h5-8,14H,2-4,9-10H2,1H3,(H,18,20,22). The van der Waals surface area contributed by atoms with Crippen molar-refractivity contribution in [2.75, 3.05) is 11.9 Å². The van der Waals surface area contributed by atoms with Crippen molar-refractivity contribution < 1.29 is 9.18 Å². The third kappa shape index (κ3) is 4.11. The number of hydrogen-bond acceptors (Lipinski definition) is 5. The highest BCUT2D eigenvalue weighted by Gasteiger charge is 2.29. The van der Waals surface area contributed by atoms with Gasteiger partial charge in [0.2, 0.25) is 11.0 Å². The van der Waals surface area contributed by atoms with Crippen molar-refractivity contribution in [2.24, 2.45) is 0 Å². The molecule has 0 spiro atoms. The first-order chi connectivity index (χ1) is 11.1. The molecule has 1 aliphatic rings. The molecule has 1 saturated heterocycles. The molecule has 23 heavy (non-hydrogen) atoms. The summed E-state index contributed by atoms with van der Waals surface area (Å²) in [5.74, 6) is -0.281. The van der Waals surface area contributed by atoms with Crippen molar-refractivity contribution in [1.82, 2.24) is 15.1 Å². The summed E-state index contributed by atoms with van der Waals surface area (Å²) in [6.07, 6.45) is 2.93. The Bertz CT molecular complexity index is 673. The molecule has 1 unspecified atom stereocenters. The number of piperidine rings is 1. The maximum Gasteiger partial charge on any atom is 0.243 e. The first-order valence-corrected chi connectivity index (χ1v) is 8.53. The van der Waals surface area contributed by atoms with Crippen LogP contribution in [0.5, 0.6) is 0 Å². The van der Waals surface area contributed by atoms with Crippen molar-refractivity contribution in [3.05, 3.63) is 40.7 Å². The lowest BCUT2D eigenvalue weighted by Crippen LogP contribution is -2.46. The SMILES string of the molecule is Cc1nnc(NC(=O)C2CCCCN2Cc2ccc(F)cc2)s1. The van der Waals surface area contributed by atoms with E-state index in [4.69, 9.17) is 0 Å². The number of carbonyl (C=O) groups is 1. The summed E-state index contributed by atoms with van der Waals surface area (Å²) in [7, 11) is 0. The van der Waals surface area contributed by atoms with Gasteiger partial charge in [-0.1, -0.05) is 29.9 Å². The number of benzene rings is 1. The summed E-state index contributed by atoms with van der Waals surface area (Å²) in [4.78, 5) is 14.7. The first-order valence-electron chi connectivity index (χ1n) is 7.71. The summed E-state index contributed by atoms with van der Waals surface area (Å²) >= 11 is 1.37. The Morgan fingerprint density at radius 1 is 1.35 bits per heavy atom. The molecule has 2 heterocycles. The van der Waals surface area contributed by atoms with E-state index in [1.165, 1.54) is 23.5 Å². The summed E-state index contributed by atoms with van der Waals surface area (Å²) in [6, 6.07) is 6.27. The Hall–Kier alpha value is -1.86. The highest BCUT2D eigenvalue weighted by Crippen LogP contribution is 2.22. The molecule has 5 nitrogen and oxygen atoms in total. The minimum absolute atomic E-state index is 0.0389. The molecule has 1 N–H and O–H groups in total. The van der Waals surface area contributed by atoms with Gasteiger partial charge >= 0.3 is 0 Å². The van der Waals surface area contributed by atoms with Crippen LogP contribution in [-0.2, 0) is 11.3 Å². The lowest BCUT2D eigenvalue weighted by Gasteiger charge is -2.34. The maximum absolute atomic E-state index is 13.0. The molecule has 7 heteroatoms. The second-order valence-corrected chi connectivity index (χ2v) is 6.91. The zero-order valence-corrected chi connectivity index (χ0v) is 13.8. The summed E-state index contributed by atoms with van der Waals surface area (Å²) in [5, 5.41) is 12.1. The number of carbonyl (C=O) groups excluding carboxylic acids is 1.